The van der Waals surface area contributed by atoms with Crippen LogP contribution in [0.4, 0.5) is 4.39 Å². The van der Waals surface area contributed by atoms with Gasteiger partial charge in [-0.3, -0.25) is 0 Å². The van der Waals surface area contributed by atoms with Crippen molar-refractivity contribution < 1.29 is 9.13 Å². The van der Waals surface area contributed by atoms with E-state index in [0.717, 1.165) is 12.0 Å². The molecular formula is C16H17ClFNO. The Bertz CT molecular complexity index is 586. The first-order valence-electron chi connectivity index (χ1n) is 6.46. The maximum Gasteiger partial charge on any atom is 0.138 e. The molecule has 0 aliphatic heterocycles. The highest BCUT2D eigenvalue weighted by Gasteiger charge is 2.07. The number of ether oxygens (including phenoxy) is 1. The average Bonchev–Trinajstić information content (AvgIpc) is 2.39. The molecule has 106 valence electrons. The fourth-order valence-electron chi connectivity index (χ4n) is 1.93. The molecule has 0 saturated heterocycles. The van der Waals surface area contributed by atoms with Crippen LogP contribution in [-0.2, 0) is 13.0 Å². The van der Waals surface area contributed by atoms with Crippen molar-refractivity contribution in [1.29, 1.82) is 0 Å². The highest BCUT2D eigenvalue weighted by Crippen LogP contribution is 2.27. The molecule has 0 amide bonds. The summed E-state index contributed by atoms with van der Waals surface area (Å²) < 4.78 is 19.0. The van der Waals surface area contributed by atoms with Gasteiger partial charge in [0, 0.05) is 11.6 Å². The lowest BCUT2D eigenvalue weighted by Crippen LogP contribution is -2.17. The van der Waals surface area contributed by atoms with Gasteiger partial charge in [0.05, 0.1) is 5.02 Å². The molecule has 0 spiro atoms. The van der Waals surface area contributed by atoms with Gasteiger partial charge in [-0.25, -0.2) is 4.39 Å². The van der Waals surface area contributed by atoms with Crippen molar-refractivity contribution in [3.05, 3.63) is 64.4 Å². The normalized spacial score (nSPS) is 12.2. The van der Waals surface area contributed by atoms with Gasteiger partial charge in [-0.15, -0.1) is 0 Å². The molecule has 2 N–H and O–H groups in total. The molecule has 4 heteroatoms. The second-order valence-electron chi connectivity index (χ2n) is 4.83. The first kappa shape index (κ1) is 14.8. The molecule has 2 nitrogen and oxygen atoms in total. The van der Waals surface area contributed by atoms with Crippen LogP contribution in [0.2, 0.25) is 5.02 Å². The van der Waals surface area contributed by atoms with Gasteiger partial charge in [-0.2, -0.15) is 0 Å². The smallest absolute Gasteiger partial charge is 0.138 e. The zero-order valence-electron chi connectivity index (χ0n) is 11.3. The van der Waals surface area contributed by atoms with Crippen molar-refractivity contribution in [2.45, 2.75) is 26.0 Å². The lowest BCUT2D eigenvalue weighted by Gasteiger charge is -2.11. The van der Waals surface area contributed by atoms with Crippen molar-refractivity contribution >= 4 is 11.6 Å². The molecule has 0 fully saturated rings. The lowest BCUT2D eigenvalue weighted by molar-refractivity contribution is 0.300. The summed E-state index contributed by atoms with van der Waals surface area (Å²) in [5.41, 5.74) is 7.31. The second kappa shape index (κ2) is 6.73. The van der Waals surface area contributed by atoms with E-state index in [0.29, 0.717) is 16.3 Å². The van der Waals surface area contributed by atoms with Crippen LogP contribution >= 0.6 is 11.6 Å². The second-order valence-corrected chi connectivity index (χ2v) is 5.23. The predicted molar refractivity (Wildman–Crippen MR) is 79.5 cm³/mol. The van der Waals surface area contributed by atoms with Crippen LogP contribution in [0.3, 0.4) is 0 Å². The third kappa shape index (κ3) is 3.95. The zero-order chi connectivity index (χ0) is 14.5. The molecule has 0 bridgehead atoms. The molecule has 0 radical (unpaired) electrons. The third-order valence-electron chi connectivity index (χ3n) is 2.89. The Morgan fingerprint density at radius 3 is 2.65 bits per heavy atom. The van der Waals surface area contributed by atoms with Crippen molar-refractivity contribution in [2.75, 3.05) is 0 Å². The summed E-state index contributed by atoms with van der Waals surface area (Å²) >= 11 is 6.16. The summed E-state index contributed by atoms with van der Waals surface area (Å²) in [5.74, 6) is 0.264. The van der Waals surface area contributed by atoms with Gasteiger partial charge in [0.1, 0.15) is 18.2 Å². The molecule has 1 atom stereocenters. The summed E-state index contributed by atoms with van der Waals surface area (Å²) in [6, 6.07) is 12.1. The minimum atomic E-state index is -0.280. The van der Waals surface area contributed by atoms with Crippen LogP contribution < -0.4 is 10.5 Å². The van der Waals surface area contributed by atoms with E-state index >= 15 is 0 Å². The molecule has 2 aromatic carbocycles. The lowest BCUT2D eigenvalue weighted by atomic mass is 10.1. The minimum absolute atomic E-state index is 0.0799. The van der Waals surface area contributed by atoms with Gasteiger partial charge < -0.3 is 10.5 Å². The maximum atomic E-state index is 13.5. The van der Waals surface area contributed by atoms with E-state index in [1.54, 1.807) is 24.3 Å². The van der Waals surface area contributed by atoms with Crippen LogP contribution in [0.15, 0.2) is 42.5 Å². The van der Waals surface area contributed by atoms with Crippen LogP contribution in [0.25, 0.3) is 0 Å². The monoisotopic (exact) mass is 293 g/mol. The predicted octanol–water partition coefficient (Wildman–Crippen LogP) is 3.95. The number of rotatable bonds is 5. The average molecular weight is 294 g/mol. The van der Waals surface area contributed by atoms with Gasteiger partial charge in [-0.1, -0.05) is 35.9 Å². The Labute approximate surface area is 123 Å². The number of hydrogen-bond donors (Lipinski definition) is 1. The Kier molecular flexibility index (Phi) is 4.99. The summed E-state index contributed by atoms with van der Waals surface area (Å²) in [6.45, 7) is 2.09. The molecule has 0 aliphatic rings. The molecule has 2 rings (SSSR count). The molecule has 0 aliphatic carbocycles. The maximum absolute atomic E-state index is 13.5. The van der Waals surface area contributed by atoms with Gasteiger partial charge in [0.15, 0.2) is 0 Å². The number of hydrogen-bond acceptors (Lipinski definition) is 2. The first-order chi connectivity index (χ1) is 9.56. The van der Waals surface area contributed by atoms with E-state index in [-0.39, 0.29) is 18.5 Å². The molecule has 0 heterocycles. The van der Waals surface area contributed by atoms with Crippen molar-refractivity contribution in [2.24, 2.45) is 5.73 Å². The quantitative estimate of drug-likeness (QED) is 0.906. The van der Waals surface area contributed by atoms with E-state index in [2.05, 4.69) is 0 Å². The van der Waals surface area contributed by atoms with Crippen LogP contribution in [0.1, 0.15) is 18.1 Å². The fourth-order valence-corrected chi connectivity index (χ4v) is 2.19. The van der Waals surface area contributed by atoms with Crippen molar-refractivity contribution in [3.63, 3.8) is 0 Å². The van der Waals surface area contributed by atoms with E-state index in [1.165, 1.54) is 6.07 Å². The van der Waals surface area contributed by atoms with Crippen LogP contribution in [0.5, 0.6) is 5.75 Å². The van der Waals surface area contributed by atoms with Crippen molar-refractivity contribution in [1.82, 2.24) is 0 Å². The minimum Gasteiger partial charge on any atom is -0.487 e. The highest BCUT2D eigenvalue weighted by atomic mass is 35.5. The van der Waals surface area contributed by atoms with E-state index < -0.39 is 0 Å². The van der Waals surface area contributed by atoms with Crippen molar-refractivity contribution in [3.8, 4) is 5.75 Å². The Morgan fingerprint density at radius 2 is 2.00 bits per heavy atom. The van der Waals surface area contributed by atoms with Crippen LogP contribution in [0, 0.1) is 5.82 Å². The van der Waals surface area contributed by atoms with Gasteiger partial charge in [-0.05, 0) is 37.1 Å². The summed E-state index contributed by atoms with van der Waals surface area (Å²) in [4.78, 5) is 0. The fraction of sp³-hybridized carbons (Fsp3) is 0.250. The summed E-state index contributed by atoms with van der Waals surface area (Å²) in [5, 5.41) is 0.513. The largest absolute Gasteiger partial charge is 0.487 e. The number of nitrogens with two attached hydrogens (primary N) is 1. The summed E-state index contributed by atoms with van der Waals surface area (Å²) in [7, 11) is 0. The molecule has 0 saturated carbocycles. The zero-order valence-corrected chi connectivity index (χ0v) is 12.0. The number of halogens is 2. The highest BCUT2D eigenvalue weighted by molar-refractivity contribution is 6.32. The molecule has 0 aromatic heterocycles. The van der Waals surface area contributed by atoms with E-state index in [1.807, 2.05) is 19.1 Å². The summed E-state index contributed by atoms with van der Waals surface area (Å²) in [6.07, 6.45) is 0.757. The Hall–Kier alpha value is -1.58. The topological polar surface area (TPSA) is 35.2 Å². The van der Waals surface area contributed by atoms with E-state index in [9.17, 15) is 4.39 Å². The van der Waals surface area contributed by atoms with Gasteiger partial charge >= 0.3 is 0 Å². The van der Waals surface area contributed by atoms with Gasteiger partial charge in [0.25, 0.3) is 0 Å². The van der Waals surface area contributed by atoms with Gasteiger partial charge in [0.2, 0.25) is 0 Å². The van der Waals surface area contributed by atoms with Crippen LogP contribution in [-0.4, -0.2) is 6.04 Å². The Morgan fingerprint density at radius 1 is 1.25 bits per heavy atom. The first-order valence-corrected chi connectivity index (χ1v) is 6.84. The third-order valence-corrected chi connectivity index (χ3v) is 3.19. The molecule has 1 unspecified atom stereocenters. The van der Waals surface area contributed by atoms with E-state index in [4.69, 9.17) is 22.1 Å². The standard InChI is InChI=1S/C16H17ClFNO/c1-11(19)8-12-6-7-16(14(17)9-12)20-10-13-4-2-3-5-15(13)18/h2-7,9,11H,8,10,19H2,1H3. The molecular weight excluding hydrogens is 277 g/mol. The molecule has 20 heavy (non-hydrogen) atoms. The molecule has 2 aromatic rings. The SMILES string of the molecule is CC(N)Cc1ccc(OCc2ccccc2F)c(Cl)c1. The Balaban J connectivity index is 2.05. The number of benzene rings is 2.